The second kappa shape index (κ2) is 10.7. The Morgan fingerprint density at radius 3 is 2.27 bits per heavy atom. The Kier molecular flexibility index (Phi) is 7.48. The molecule has 0 fully saturated rings. The number of nitro groups is 1. The molecule has 0 radical (unpaired) electrons. The third-order valence-electron chi connectivity index (χ3n) is 4.51. The third-order valence-corrected chi connectivity index (χ3v) is 4.51. The summed E-state index contributed by atoms with van der Waals surface area (Å²) in [6, 6.07) is 18.0. The second-order valence-electron chi connectivity index (χ2n) is 7.07. The molecule has 168 valence electrons. The van der Waals surface area contributed by atoms with E-state index in [-0.39, 0.29) is 12.3 Å². The number of hydrazone groups is 1. The van der Waals surface area contributed by atoms with Gasteiger partial charge in [0.2, 0.25) is 0 Å². The SMILES string of the molecule is Cc1cc([N+](=O)[O-])cc(C)c1OCC(=O)NN=Cc1ccc(OC(=O)c2ccccc2)cc1. The van der Waals surface area contributed by atoms with Crippen molar-refractivity contribution < 1.29 is 24.0 Å². The van der Waals surface area contributed by atoms with Gasteiger partial charge in [0.25, 0.3) is 11.6 Å². The van der Waals surface area contributed by atoms with E-state index in [9.17, 15) is 19.7 Å². The fourth-order valence-corrected chi connectivity index (χ4v) is 2.97. The van der Waals surface area contributed by atoms with Gasteiger partial charge in [-0.25, -0.2) is 10.2 Å². The zero-order valence-electron chi connectivity index (χ0n) is 18.0. The Morgan fingerprint density at radius 2 is 1.67 bits per heavy atom. The van der Waals surface area contributed by atoms with Gasteiger partial charge in [0.1, 0.15) is 11.5 Å². The Bertz CT molecular complexity index is 1170. The summed E-state index contributed by atoms with van der Waals surface area (Å²) in [5.41, 5.74) is 4.57. The number of amides is 1. The summed E-state index contributed by atoms with van der Waals surface area (Å²) in [4.78, 5) is 34.5. The molecule has 9 heteroatoms. The number of carbonyl (C=O) groups excluding carboxylic acids is 2. The number of benzene rings is 3. The number of aryl methyl sites for hydroxylation is 2. The molecule has 1 N–H and O–H groups in total. The van der Waals surface area contributed by atoms with E-state index >= 15 is 0 Å². The smallest absolute Gasteiger partial charge is 0.343 e. The van der Waals surface area contributed by atoms with Crippen molar-refractivity contribution in [2.45, 2.75) is 13.8 Å². The molecule has 33 heavy (non-hydrogen) atoms. The molecule has 0 saturated carbocycles. The first kappa shape index (κ1) is 23.1. The lowest BCUT2D eigenvalue weighted by atomic mass is 10.1. The van der Waals surface area contributed by atoms with Gasteiger partial charge >= 0.3 is 5.97 Å². The Hall–Kier alpha value is -4.53. The molecule has 9 nitrogen and oxygen atoms in total. The van der Waals surface area contributed by atoms with E-state index in [1.165, 1.54) is 18.3 Å². The highest BCUT2D eigenvalue weighted by Crippen LogP contribution is 2.28. The minimum absolute atomic E-state index is 0.0350. The summed E-state index contributed by atoms with van der Waals surface area (Å²) >= 11 is 0. The molecule has 3 rings (SSSR count). The van der Waals surface area contributed by atoms with Gasteiger partial charge in [-0.1, -0.05) is 18.2 Å². The zero-order valence-corrected chi connectivity index (χ0v) is 18.0. The normalized spacial score (nSPS) is 10.6. The van der Waals surface area contributed by atoms with Crippen molar-refractivity contribution in [2.75, 3.05) is 6.61 Å². The quantitative estimate of drug-likeness (QED) is 0.183. The molecule has 0 saturated heterocycles. The van der Waals surface area contributed by atoms with Gasteiger partial charge in [-0.2, -0.15) is 5.10 Å². The third kappa shape index (κ3) is 6.47. The monoisotopic (exact) mass is 447 g/mol. The molecule has 3 aromatic rings. The highest BCUT2D eigenvalue weighted by Gasteiger charge is 2.14. The van der Waals surface area contributed by atoms with Crippen LogP contribution >= 0.6 is 0 Å². The maximum absolute atomic E-state index is 12.1. The molecule has 0 aliphatic carbocycles. The van der Waals surface area contributed by atoms with Crippen LogP contribution in [0, 0.1) is 24.0 Å². The highest BCUT2D eigenvalue weighted by atomic mass is 16.6. The van der Waals surface area contributed by atoms with Gasteiger partial charge in [-0.3, -0.25) is 14.9 Å². The lowest BCUT2D eigenvalue weighted by Gasteiger charge is -2.11. The minimum Gasteiger partial charge on any atom is -0.483 e. The highest BCUT2D eigenvalue weighted by molar-refractivity contribution is 5.91. The summed E-state index contributed by atoms with van der Waals surface area (Å²) in [6.45, 7) is 3.05. The zero-order chi connectivity index (χ0) is 23.8. The van der Waals surface area contributed by atoms with Crippen molar-refractivity contribution >= 4 is 23.8 Å². The van der Waals surface area contributed by atoms with Crippen LogP contribution in [0.4, 0.5) is 5.69 Å². The second-order valence-corrected chi connectivity index (χ2v) is 7.07. The fraction of sp³-hybridized carbons (Fsp3) is 0.125. The van der Waals surface area contributed by atoms with Crippen LogP contribution in [-0.4, -0.2) is 29.6 Å². The van der Waals surface area contributed by atoms with Crippen LogP contribution in [0.1, 0.15) is 27.0 Å². The van der Waals surface area contributed by atoms with Crippen molar-refractivity contribution in [3.63, 3.8) is 0 Å². The van der Waals surface area contributed by atoms with E-state index in [0.29, 0.717) is 33.8 Å². The molecule has 0 spiro atoms. The first-order valence-corrected chi connectivity index (χ1v) is 9.91. The average molecular weight is 447 g/mol. The molecule has 3 aromatic carbocycles. The summed E-state index contributed by atoms with van der Waals surface area (Å²) in [7, 11) is 0. The molecule has 1 amide bonds. The predicted octanol–water partition coefficient (Wildman–Crippen LogP) is 3.96. The van der Waals surface area contributed by atoms with Crippen molar-refractivity contribution in [1.82, 2.24) is 5.43 Å². The number of hydrogen-bond acceptors (Lipinski definition) is 7. The van der Waals surface area contributed by atoms with Gasteiger partial charge < -0.3 is 9.47 Å². The van der Waals surface area contributed by atoms with Crippen molar-refractivity contribution in [2.24, 2.45) is 5.10 Å². The van der Waals surface area contributed by atoms with Gasteiger partial charge in [-0.05, 0) is 66.9 Å². The van der Waals surface area contributed by atoms with E-state index in [1.807, 2.05) is 6.07 Å². The van der Waals surface area contributed by atoms with Crippen LogP contribution < -0.4 is 14.9 Å². The van der Waals surface area contributed by atoms with Crippen LogP contribution in [-0.2, 0) is 4.79 Å². The maximum atomic E-state index is 12.1. The van der Waals surface area contributed by atoms with E-state index in [2.05, 4.69) is 10.5 Å². The number of nitro benzene ring substituents is 1. The molecular weight excluding hydrogens is 426 g/mol. The molecule has 0 bridgehead atoms. The number of nitrogens with one attached hydrogen (secondary N) is 1. The Labute approximate surface area is 189 Å². The number of hydrogen-bond donors (Lipinski definition) is 1. The van der Waals surface area contributed by atoms with Gasteiger partial charge in [0.15, 0.2) is 6.61 Å². The number of non-ortho nitro benzene ring substituents is 1. The molecule has 0 heterocycles. The molecule has 0 atom stereocenters. The lowest BCUT2D eigenvalue weighted by Crippen LogP contribution is -2.25. The number of ether oxygens (including phenoxy) is 2. The molecular formula is C24H21N3O6. The fourth-order valence-electron chi connectivity index (χ4n) is 2.97. The first-order valence-electron chi connectivity index (χ1n) is 9.91. The van der Waals surface area contributed by atoms with Crippen LogP contribution in [0.5, 0.6) is 11.5 Å². The van der Waals surface area contributed by atoms with Crippen LogP contribution in [0.25, 0.3) is 0 Å². The molecule has 0 aromatic heterocycles. The van der Waals surface area contributed by atoms with E-state index in [4.69, 9.17) is 9.47 Å². The number of esters is 1. The maximum Gasteiger partial charge on any atom is 0.343 e. The summed E-state index contributed by atoms with van der Waals surface area (Å²) in [6.07, 6.45) is 1.43. The number of carbonyl (C=O) groups is 2. The van der Waals surface area contributed by atoms with Gasteiger partial charge in [0, 0.05) is 12.1 Å². The topological polar surface area (TPSA) is 120 Å². The molecule has 0 aliphatic heterocycles. The van der Waals surface area contributed by atoms with Crippen molar-refractivity contribution in [1.29, 1.82) is 0 Å². The summed E-state index contributed by atoms with van der Waals surface area (Å²) in [5, 5.41) is 14.8. The standard InChI is InChI=1S/C24H21N3O6/c1-16-12-20(27(30)31)13-17(2)23(16)32-15-22(28)26-25-14-18-8-10-21(11-9-18)33-24(29)19-6-4-3-5-7-19/h3-14H,15H2,1-2H3,(H,26,28). The van der Waals surface area contributed by atoms with Crippen molar-refractivity contribution in [3.05, 3.63) is 99.1 Å². The number of rotatable bonds is 8. The Balaban J connectivity index is 1.49. The molecule has 0 aliphatic rings. The number of nitrogens with zero attached hydrogens (tertiary/aromatic N) is 2. The predicted molar refractivity (Wildman–Crippen MR) is 122 cm³/mol. The summed E-state index contributed by atoms with van der Waals surface area (Å²) in [5.74, 6) is -0.146. The summed E-state index contributed by atoms with van der Waals surface area (Å²) < 4.78 is 10.8. The van der Waals surface area contributed by atoms with Crippen LogP contribution in [0.3, 0.4) is 0 Å². The largest absolute Gasteiger partial charge is 0.483 e. The average Bonchev–Trinajstić information content (AvgIpc) is 2.80. The van der Waals surface area contributed by atoms with Gasteiger partial charge in [-0.15, -0.1) is 0 Å². The van der Waals surface area contributed by atoms with Crippen molar-refractivity contribution in [3.8, 4) is 11.5 Å². The first-order chi connectivity index (χ1) is 15.8. The van der Waals surface area contributed by atoms with E-state index < -0.39 is 16.8 Å². The Morgan fingerprint density at radius 1 is 1.03 bits per heavy atom. The van der Waals surface area contributed by atoms with Gasteiger partial charge in [0.05, 0.1) is 16.7 Å². The lowest BCUT2D eigenvalue weighted by molar-refractivity contribution is -0.385. The van der Waals surface area contributed by atoms with Crippen LogP contribution in [0.15, 0.2) is 71.8 Å². The van der Waals surface area contributed by atoms with E-state index in [0.717, 1.165) is 0 Å². The van der Waals surface area contributed by atoms with E-state index in [1.54, 1.807) is 62.4 Å². The van der Waals surface area contributed by atoms with Crippen LogP contribution in [0.2, 0.25) is 0 Å². The minimum atomic E-state index is -0.489. The molecule has 0 unspecified atom stereocenters.